The van der Waals surface area contributed by atoms with E-state index in [2.05, 4.69) is 4.98 Å². The third-order valence-corrected chi connectivity index (χ3v) is 2.55. The fraction of sp³-hybridized carbons (Fsp3) is 0.214. The Hall–Kier alpha value is -1.94. The molecule has 0 fully saturated rings. The van der Waals surface area contributed by atoms with Crippen LogP contribution in [0.25, 0.3) is 0 Å². The molecule has 0 amide bonds. The molecule has 0 aliphatic heterocycles. The third-order valence-electron chi connectivity index (χ3n) is 2.55. The van der Waals surface area contributed by atoms with Crippen LogP contribution in [-0.2, 0) is 13.0 Å². The molecular formula is C14H15FN2O. The highest BCUT2D eigenvalue weighted by atomic mass is 19.1. The molecule has 0 radical (unpaired) electrons. The van der Waals surface area contributed by atoms with Gasteiger partial charge in [-0.15, -0.1) is 0 Å². The molecule has 1 aromatic carbocycles. The van der Waals surface area contributed by atoms with E-state index in [-0.39, 0.29) is 5.82 Å². The highest BCUT2D eigenvalue weighted by molar-refractivity contribution is 5.31. The molecule has 0 atom stereocenters. The molecule has 1 heterocycles. The second-order valence-corrected chi connectivity index (χ2v) is 3.92. The van der Waals surface area contributed by atoms with Crippen molar-refractivity contribution in [1.82, 2.24) is 4.98 Å². The summed E-state index contributed by atoms with van der Waals surface area (Å²) >= 11 is 0. The summed E-state index contributed by atoms with van der Waals surface area (Å²) < 4.78 is 18.4. The Morgan fingerprint density at radius 2 is 1.94 bits per heavy atom. The number of nitrogens with zero attached hydrogens (tertiary/aromatic N) is 1. The second-order valence-electron chi connectivity index (χ2n) is 3.92. The van der Waals surface area contributed by atoms with Crippen molar-refractivity contribution in [3.63, 3.8) is 0 Å². The van der Waals surface area contributed by atoms with Crippen LogP contribution in [0.4, 0.5) is 4.39 Å². The highest BCUT2D eigenvalue weighted by Crippen LogP contribution is 2.21. The first-order valence-corrected chi connectivity index (χ1v) is 5.84. The zero-order chi connectivity index (χ0) is 13.0. The minimum absolute atomic E-state index is 0.291. The molecule has 0 aliphatic carbocycles. The van der Waals surface area contributed by atoms with Crippen molar-refractivity contribution < 1.29 is 9.13 Å². The summed E-state index contributed by atoms with van der Waals surface area (Å²) in [5, 5.41) is 0. The van der Waals surface area contributed by atoms with Gasteiger partial charge in [0, 0.05) is 18.3 Å². The number of hydrogen-bond donors (Lipinski definition) is 1. The van der Waals surface area contributed by atoms with Crippen molar-refractivity contribution in [2.24, 2.45) is 5.73 Å². The van der Waals surface area contributed by atoms with Gasteiger partial charge in [-0.05, 0) is 42.3 Å². The van der Waals surface area contributed by atoms with Crippen LogP contribution in [-0.4, -0.2) is 4.98 Å². The number of benzene rings is 1. The molecule has 1 aromatic heterocycles. The molecule has 0 saturated heterocycles. The monoisotopic (exact) mass is 246 g/mol. The normalized spacial score (nSPS) is 10.4. The first-order chi connectivity index (χ1) is 8.71. The molecule has 0 spiro atoms. The summed E-state index contributed by atoms with van der Waals surface area (Å²) in [6, 6.07) is 9.58. The van der Waals surface area contributed by atoms with Gasteiger partial charge in [-0.25, -0.2) is 9.37 Å². The van der Waals surface area contributed by atoms with Crippen molar-refractivity contribution >= 4 is 0 Å². The summed E-state index contributed by atoms with van der Waals surface area (Å²) in [7, 11) is 0. The van der Waals surface area contributed by atoms with E-state index in [9.17, 15) is 4.39 Å². The zero-order valence-corrected chi connectivity index (χ0v) is 10.2. The van der Waals surface area contributed by atoms with Gasteiger partial charge in [-0.2, -0.15) is 0 Å². The van der Waals surface area contributed by atoms with Gasteiger partial charge in [0.05, 0.1) is 0 Å². The van der Waals surface area contributed by atoms with Crippen LogP contribution >= 0.6 is 0 Å². The number of nitrogens with two attached hydrogens (primary N) is 1. The van der Waals surface area contributed by atoms with Gasteiger partial charge in [-0.1, -0.05) is 6.92 Å². The number of halogens is 1. The number of ether oxygens (including phenoxy) is 1. The summed E-state index contributed by atoms with van der Waals surface area (Å²) in [5.41, 5.74) is 7.52. The Balaban J connectivity index is 2.25. The summed E-state index contributed by atoms with van der Waals surface area (Å²) in [6.45, 7) is 2.46. The number of aryl methyl sites for hydroxylation is 1. The van der Waals surface area contributed by atoms with Crippen LogP contribution in [0.5, 0.6) is 11.6 Å². The minimum atomic E-state index is -0.291. The van der Waals surface area contributed by atoms with E-state index >= 15 is 0 Å². The number of hydrogen-bond acceptors (Lipinski definition) is 3. The quantitative estimate of drug-likeness (QED) is 0.902. The fourth-order valence-corrected chi connectivity index (χ4v) is 1.59. The number of pyridine rings is 1. The first-order valence-electron chi connectivity index (χ1n) is 5.84. The first kappa shape index (κ1) is 12.5. The third kappa shape index (κ3) is 3.05. The molecule has 0 aliphatic rings. The van der Waals surface area contributed by atoms with Crippen molar-refractivity contribution in [1.29, 1.82) is 0 Å². The Kier molecular flexibility index (Phi) is 3.89. The Labute approximate surface area is 105 Å². The Morgan fingerprint density at radius 3 is 2.56 bits per heavy atom. The van der Waals surface area contributed by atoms with Crippen molar-refractivity contribution in [3.8, 4) is 11.6 Å². The van der Waals surface area contributed by atoms with Crippen LogP contribution in [0.15, 0.2) is 36.4 Å². The maximum atomic E-state index is 12.8. The van der Waals surface area contributed by atoms with E-state index in [4.69, 9.17) is 10.5 Å². The lowest BCUT2D eigenvalue weighted by Gasteiger charge is -2.08. The number of rotatable bonds is 4. The van der Waals surface area contributed by atoms with Crippen molar-refractivity contribution in [2.45, 2.75) is 19.9 Å². The van der Waals surface area contributed by atoms with Gasteiger partial charge in [0.1, 0.15) is 11.6 Å². The lowest BCUT2D eigenvalue weighted by molar-refractivity contribution is 0.458. The van der Waals surface area contributed by atoms with Gasteiger partial charge in [-0.3, -0.25) is 0 Å². The maximum Gasteiger partial charge on any atom is 0.219 e. The van der Waals surface area contributed by atoms with E-state index in [0.717, 1.165) is 17.7 Å². The van der Waals surface area contributed by atoms with E-state index in [1.54, 1.807) is 18.2 Å². The zero-order valence-electron chi connectivity index (χ0n) is 10.2. The van der Waals surface area contributed by atoms with Crippen LogP contribution in [0, 0.1) is 5.82 Å². The van der Waals surface area contributed by atoms with E-state index in [1.165, 1.54) is 12.1 Å². The number of aromatic nitrogens is 1. The predicted octanol–water partition coefficient (Wildman–Crippen LogP) is 3.03. The second kappa shape index (κ2) is 5.60. The van der Waals surface area contributed by atoms with E-state index < -0.39 is 0 Å². The lowest BCUT2D eigenvalue weighted by atomic mass is 10.2. The predicted molar refractivity (Wildman–Crippen MR) is 68.0 cm³/mol. The fourth-order valence-electron chi connectivity index (χ4n) is 1.59. The average molecular weight is 246 g/mol. The van der Waals surface area contributed by atoms with Crippen LogP contribution in [0.1, 0.15) is 18.2 Å². The average Bonchev–Trinajstić information content (AvgIpc) is 2.41. The SMILES string of the molecule is CCc1cc(CN)cc(Oc2ccc(F)cc2)n1. The molecule has 94 valence electrons. The van der Waals surface area contributed by atoms with Gasteiger partial charge < -0.3 is 10.5 Å². The molecule has 0 bridgehead atoms. The van der Waals surface area contributed by atoms with Gasteiger partial charge in [0.2, 0.25) is 5.88 Å². The van der Waals surface area contributed by atoms with Crippen molar-refractivity contribution in [3.05, 3.63) is 53.5 Å². The smallest absolute Gasteiger partial charge is 0.219 e. The molecule has 4 heteroatoms. The van der Waals surface area contributed by atoms with Crippen LogP contribution in [0.3, 0.4) is 0 Å². The molecule has 2 rings (SSSR count). The molecule has 18 heavy (non-hydrogen) atoms. The highest BCUT2D eigenvalue weighted by Gasteiger charge is 2.03. The van der Waals surface area contributed by atoms with E-state index in [0.29, 0.717) is 18.2 Å². The molecule has 2 N–H and O–H groups in total. The Bertz CT molecular complexity index is 504. The summed E-state index contributed by atoms with van der Waals surface area (Å²) in [4.78, 5) is 4.35. The van der Waals surface area contributed by atoms with Gasteiger partial charge in [0.25, 0.3) is 0 Å². The Morgan fingerprint density at radius 1 is 1.22 bits per heavy atom. The standard InChI is InChI=1S/C14H15FN2O/c1-2-12-7-10(9-16)8-14(17-12)18-13-5-3-11(15)4-6-13/h3-8H,2,9,16H2,1H3. The maximum absolute atomic E-state index is 12.8. The topological polar surface area (TPSA) is 48.1 Å². The van der Waals surface area contributed by atoms with E-state index in [1.807, 2.05) is 13.0 Å². The summed E-state index contributed by atoms with van der Waals surface area (Å²) in [5.74, 6) is 0.752. The summed E-state index contributed by atoms with van der Waals surface area (Å²) in [6.07, 6.45) is 0.813. The molecule has 0 saturated carbocycles. The molecule has 3 nitrogen and oxygen atoms in total. The van der Waals surface area contributed by atoms with Gasteiger partial charge in [0.15, 0.2) is 0 Å². The molecule has 0 unspecified atom stereocenters. The van der Waals surface area contributed by atoms with Crippen LogP contribution < -0.4 is 10.5 Å². The molecular weight excluding hydrogens is 231 g/mol. The lowest BCUT2D eigenvalue weighted by Crippen LogP contribution is -2.00. The van der Waals surface area contributed by atoms with Gasteiger partial charge >= 0.3 is 0 Å². The van der Waals surface area contributed by atoms with Crippen molar-refractivity contribution in [2.75, 3.05) is 0 Å². The molecule has 2 aromatic rings. The largest absolute Gasteiger partial charge is 0.439 e. The minimum Gasteiger partial charge on any atom is -0.439 e. The van der Waals surface area contributed by atoms with Crippen LogP contribution in [0.2, 0.25) is 0 Å².